The van der Waals surface area contributed by atoms with Crippen LogP contribution in [0.1, 0.15) is 27.6 Å². The van der Waals surface area contributed by atoms with E-state index in [-0.39, 0.29) is 30.6 Å². The lowest BCUT2D eigenvalue weighted by molar-refractivity contribution is -0.128. The molecular formula is C30H26ClN7O4. The third kappa shape index (κ3) is 4.88. The van der Waals surface area contributed by atoms with E-state index in [0.717, 1.165) is 5.56 Å². The highest BCUT2D eigenvalue weighted by atomic mass is 35.5. The third-order valence-corrected chi connectivity index (χ3v) is 7.56. The molecular weight excluding hydrogens is 558 g/mol. The Hall–Kier alpha value is -5.03. The number of halogens is 1. The van der Waals surface area contributed by atoms with E-state index in [1.54, 1.807) is 35.2 Å². The number of nitrogens with zero attached hydrogens (tertiary/aromatic N) is 5. The molecule has 2 N–H and O–H groups in total. The number of ether oxygens (including phenoxy) is 1. The Bertz CT molecular complexity index is 1820. The van der Waals surface area contributed by atoms with Crippen LogP contribution in [0.4, 0.5) is 0 Å². The number of hydrogen-bond donors (Lipinski definition) is 2. The number of H-pyrrole nitrogens is 2. The van der Waals surface area contributed by atoms with E-state index >= 15 is 0 Å². The lowest BCUT2D eigenvalue weighted by Crippen LogP contribution is -2.56. The number of hydrogen-bond acceptors (Lipinski definition) is 7. The molecule has 3 aromatic heterocycles. The number of nitrogens with one attached hydrogen (secondary N) is 2. The normalized spacial score (nSPS) is 15.2. The predicted molar refractivity (Wildman–Crippen MR) is 156 cm³/mol. The highest BCUT2D eigenvalue weighted by Crippen LogP contribution is 2.34. The molecule has 0 aliphatic carbocycles. The Kier molecular flexibility index (Phi) is 7.17. The van der Waals surface area contributed by atoms with Gasteiger partial charge in [0, 0.05) is 48.0 Å². The number of fused-ring (bicyclic) bond motifs is 1. The van der Waals surface area contributed by atoms with E-state index in [4.69, 9.17) is 16.3 Å². The zero-order valence-electron chi connectivity index (χ0n) is 22.8. The number of carbonyl (C=O) groups excluding carboxylic acids is 3. The van der Waals surface area contributed by atoms with Gasteiger partial charge in [0.2, 0.25) is 0 Å². The molecule has 1 saturated heterocycles. The SMILES string of the molecule is COc1cnc(-c2nc(-c3cccc(Cl)c3)n[nH]2)c2[nH]cc(C(=O)C(=O)N3CCN(C(=O)c4ccccc4)[C@H](C)C3)c12. The summed E-state index contributed by atoms with van der Waals surface area (Å²) in [6.45, 7) is 2.66. The molecule has 1 fully saturated rings. The van der Waals surface area contributed by atoms with Crippen molar-refractivity contribution in [3.63, 3.8) is 0 Å². The Morgan fingerprint density at radius 1 is 1.07 bits per heavy atom. The van der Waals surface area contributed by atoms with Crippen LogP contribution < -0.4 is 4.74 Å². The molecule has 0 bridgehead atoms. The minimum absolute atomic E-state index is 0.103. The average Bonchev–Trinajstić information content (AvgIpc) is 3.69. The van der Waals surface area contributed by atoms with Crippen molar-refractivity contribution in [2.45, 2.75) is 13.0 Å². The van der Waals surface area contributed by atoms with Crippen LogP contribution in [0.3, 0.4) is 0 Å². The number of pyridine rings is 1. The van der Waals surface area contributed by atoms with E-state index in [1.165, 1.54) is 24.4 Å². The molecule has 212 valence electrons. The quantitative estimate of drug-likeness (QED) is 0.225. The minimum Gasteiger partial charge on any atom is -0.494 e. The first kappa shape index (κ1) is 27.2. The van der Waals surface area contributed by atoms with Crippen molar-refractivity contribution >= 4 is 40.1 Å². The van der Waals surface area contributed by atoms with Crippen LogP contribution in [0.5, 0.6) is 5.75 Å². The van der Waals surface area contributed by atoms with Gasteiger partial charge >= 0.3 is 0 Å². The summed E-state index contributed by atoms with van der Waals surface area (Å²) in [5.41, 5.74) is 2.33. The molecule has 5 aromatic rings. The minimum atomic E-state index is -0.691. The van der Waals surface area contributed by atoms with Gasteiger partial charge in [-0.2, -0.15) is 5.10 Å². The van der Waals surface area contributed by atoms with Crippen molar-refractivity contribution in [2.75, 3.05) is 26.7 Å². The summed E-state index contributed by atoms with van der Waals surface area (Å²) in [7, 11) is 1.47. The van der Waals surface area contributed by atoms with E-state index < -0.39 is 11.7 Å². The Balaban J connectivity index is 1.26. The number of amides is 2. The fourth-order valence-corrected chi connectivity index (χ4v) is 5.40. The number of piperazine rings is 1. The summed E-state index contributed by atoms with van der Waals surface area (Å²) in [5, 5.41) is 8.15. The lowest BCUT2D eigenvalue weighted by atomic mass is 10.1. The molecule has 6 rings (SSSR count). The first-order chi connectivity index (χ1) is 20.4. The molecule has 1 aliphatic heterocycles. The summed E-state index contributed by atoms with van der Waals surface area (Å²) in [6, 6.07) is 15.9. The number of carbonyl (C=O) groups is 3. The van der Waals surface area contributed by atoms with Crippen molar-refractivity contribution in [2.24, 2.45) is 0 Å². The number of aromatic amines is 2. The highest BCUT2D eigenvalue weighted by molar-refractivity contribution is 6.45. The summed E-state index contributed by atoms with van der Waals surface area (Å²) >= 11 is 6.12. The van der Waals surface area contributed by atoms with Crippen LogP contribution in [-0.4, -0.2) is 85.3 Å². The monoisotopic (exact) mass is 583 g/mol. The second kappa shape index (κ2) is 11.1. The molecule has 12 heteroatoms. The molecule has 1 atom stereocenters. The first-order valence-electron chi connectivity index (χ1n) is 13.3. The van der Waals surface area contributed by atoms with Gasteiger partial charge in [0.1, 0.15) is 11.4 Å². The maximum Gasteiger partial charge on any atom is 0.295 e. The van der Waals surface area contributed by atoms with Gasteiger partial charge in [0.15, 0.2) is 11.6 Å². The largest absolute Gasteiger partial charge is 0.494 e. The molecule has 1 aliphatic rings. The maximum atomic E-state index is 13.6. The summed E-state index contributed by atoms with van der Waals surface area (Å²) in [6.07, 6.45) is 2.95. The van der Waals surface area contributed by atoms with Gasteiger partial charge in [-0.1, -0.05) is 41.9 Å². The fraction of sp³-hybridized carbons (Fsp3) is 0.200. The molecule has 0 saturated carbocycles. The van der Waals surface area contributed by atoms with Crippen LogP contribution in [0, 0.1) is 0 Å². The predicted octanol–water partition coefficient (Wildman–Crippen LogP) is 4.23. The molecule has 42 heavy (non-hydrogen) atoms. The molecule has 0 unspecified atom stereocenters. The maximum absolute atomic E-state index is 13.6. The Morgan fingerprint density at radius 2 is 1.88 bits per heavy atom. The van der Waals surface area contributed by atoms with Crippen LogP contribution in [0.15, 0.2) is 67.0 Å². The van der Waals surface area contributed by atoms with Crippen molar-refractivity contribution in [3.8, 4) is 28.7 Å². The molecule has 11 nitrogen and oxygen atoms in total. The third-order valence-electron chi connectivity index (χ3n) is 7.32. The van der Waals surface area contributed by atoms with E-state index in [2.05, 4.69) is 25.1 Å². The number of methoxy groups -OCH3 is 1. The van der Waals surface area contributed by atoms with Crippen molar-refractivity contribution in [1.29, 1.82) is 0 Å². The summed E-state index contributed by atoms with van der Waals surface area (Å²) in [4.78, 5) is 55.4. The van der Waals surface area contributed by atoms with Crippen molar-refractivity contribution < 1.29 is 19.1 Å². The van der Waals surface area contributed by atoms with Crippen LogP contribution >= 0.6 is 11.6 Å². The zero-order chi connectivity index (χ0) is 29.4. The lowest BCUT2D eigenvalue weighted by Gasteiger charge is -2.39. The molecule has 4 heterocycles. The highest BCUT2D eigenvalue weighted by Gasteiger charge is 2.34. The first-order valence-corrected chi connectivity index (χ1v) is 13.7. The van der Waals surface area contributed by atoms with Crippen molar-refractivity contribution in [3.05, 3.63) is 83.1 Å². The van der Waals surface area contributed by atoms with Gasteiger partial charge in [-0.3, -0.25) is 19.5 Å². The average molecular weight is 584 g/mol. The van der Waals surface area contributed by atoms with Gasteiger partial charge in [-0.05, 0) is 31.2 Å². The van der Waals surface area contributed by atoms with Gasteiger partial charge in [0.25, 0.3) is 17.6 Å². The number of ketones is 1. The number of Topliss-reactive ketones (excluding diaryl/α,β-unsaturated/α-hetero) is 1. The van der Waals surface area contributed by atoms with Gasteiger partial charge in [0.05, 0.1) is 29.8 Å². The molecule has 2 amide bonds. The Labute approximate surface area is 245 Å². The van der Waals surface area contributed by atoms with Crippen molar-refractivity contribution in [1.82, 2.24) is 34.9 Å². The fourth-order valence-electron chi connectivity index (χ4n) is 5.21. The van der Waals surface area contributed by atoms with E-state index in [0.29, 0.717) is 51.1 Å². The van der Waals surface area contributed by atoms with Crippen LogP contribution in [-0.2, 0) is 4.79 Å². The van der Waals surface area contributed by atoms with E-state index in [9.17, 15) is 14.4 Å². The van der Waals surface area contributed by atoms with Gasteiger partial charge < -0.3 is 19.5 Å². The standard InChI is InChI=1S/C30H26ClN7O4/c1-17-16-37(11-12-38(17)29(40)18-7-4-3-5-8-18)30(41)26(39)21-14-32-24-23(21)22(42-2)15-33-25(24)28-34-27(35-36-28)19-9-6-10-20(31)13-19/h3-10,13-15,17,32H,11-12,16H2,1-2H3,(H,34,35,36)/t17-/m1/s1. The van der Waals surface area contributed by atoms with E-state index in [1.807, 2.05) is 31.2 Å². The zero-order valence-corrected chi connectivity index (χ0v) is 23.6. The topological polar surface area (TPSA) is 137 Å². The Morgan fingerprint density at radius 3 is 2.62 bits per heavy atom. The van der Waals surface area contributed by atoms with Gasteiger partial charge in [-0.15, -0.1) is 0 Å². The molecule has 0 radical (unpaired) electrons. The number of benzene rings is 2. The number of aromatic nitrogens is 5. The smallest absolute Gasteiger partial charge is 0.295 e. The summed E-state index contributed by atoms with van der Waals surface area (Å²) in [5.74, 6) is -0.337. The molecule has 0 spiro atoms. The summed E-state index contributed by atoms with van der Waals surface area (Å²) < 4.78 is 5.52. The van der Waals surface area contributed by atoms with Gasteiger partial charge in [-0.25, -0.2) is 9.97 Å². The second-order valence-electron chi connectivity index (χ2n) is 9.94. The molecule has 2 aromatic carbocycles. The van der Waals surface area contributed by atoms with Crippen LogP contribution in [0.25, 0.3) is 33.8 Å². The second-order valence-corrected chi connectivity index (χ2v) is 10.4. The number of rotatable bonds is 6. The van der Waals surface area contributed by atoms with Crippen LogP contribution in [0.2, 0.25) is 5.02 Å².